The molecule has 13 heteroatoms. The normalized spacial score (nSPS) is 11.8. The third-order valence-electron chi connectivity index (χ3n) is 8.51. The van der Waals surface area contributed by atoms with Crippen molar-refractivity contribution in [2.24, 2.45) is 5.73 Å². The fourth-order valence-electron chi connectivity index (χ4n) is 5.77. The Bertz CT molecular complexity index is 1920. The van der Waals surface area contributed by atoms with Crippen LogP contribution in [0, 0.1) is 0 Å². The van der Waals surface area contributed by atoms with Crippen molar-refractivity contribution >= 4 is 5.91 Å². The number of alkyl halides is 6. The zero-order chi connectivity index (χ0) is 37.5. The second-order valence-electron chi connectivity index (χ2n) is 12.1. The number of rotatable bonds is 14. The monoisotopic (exact) mass is 724 g/mol. The summed E-state index contributed by atoms with van der Waals surface area (Å²) in [4.78, 5) is 17.6. The molecule has 3 N–H and O–H groups in total. The molecule has 0 aliphatic rings. The van der Waals surface area contributed by atoms with Gasteiger partial charge in [0.05, 0.1) is 36.7 Å². The molecule has 0 aliphatic carbocycles. The van der Waals surface area contributed by atoms with Crippen LogP contribution in [0.3, 0.4) is 0 Å². The summed E-state index contributed by atoms with van der Waals surface area (Å²) in [6.07, 6.45) is -6.47. The van der Waals surface area contributed by atoms with E-state index in [1.807, 2.05) is 0 Å². The number of nitrogens with one attached hydrogen (secondary N) is 1. The molecule has 1 aromatic heterocycles. The molecule has 5 aromatic rings. The third-order valence-corrected chi connectivity index (χ3v) is 8.51. The summed E-state index contributed by atoms with van der Waals surface area (Å²) in [5, 5.41) is 2.89. The van der Waals surface area contributed by atoms with Gasteiger partial charge in [0.1, 0.15) is 17.3 Å². The lowest BCUT2D eigenvalue weighted by Gasteiger charge is -2.17. The van der Waals surface area contributed by atoms with Gasteiger partial charge in [-0.25, -0.2) is 4.98 Å². The van der Waals surface area contributed by atoms with Crippen LogP contribution in [0.2, 0.25) is 0 Å². The van der Waals surface area contributed by atoms with E-state index in [9.17, 15) is 31.1 Å². The first-order valence-electron chi connectivity index (χ1n) is 16.6. The Morgan fingerprint density at radius 2 is 1.25 bits per heavy atom. The number of hydrogen-bond acceptors (Lipinski definition) is 5. The van der Waals surface area contributed by atoms with E-state index in [-0.39, 0.29) is 29.9 Å². The SMILES string of the molecule is COc1ccc(-c2nc(-c3cc(C(F)(F)F)cc(C(F)(F)F)c3)n(Cc3ccc(C(=O)NCCCCCCN)cc3)c2-c2ccc(OC)cc2)cc1. The molecule has 0 atom stereocenters. The molecule has 0 radical (unpaired) electrons. The fourth-order valence-corrected chi connectivity index (χ4v) is 5.77. The number of aromatic nitrogens is 2. The van der Waals surface area contributed by atoms with Crippen molar-refractivity contribution in [2.45, 2.75) is 44.6 Å². The first-order chi connectivity index (χ1) is 24.8. The Labute approximate surface area is 297 Å². The van der Waals surface area contributed by atoms with Gasteiger partial charge in [-0.05, 0) is 104 Å². The highest BCUT2D eigenvalue weighted by Crippen LogP contribution is 2.42. The fraction of sp³-hybridized carbons (Fsp3) is 0.282. The van der Waals surface area contributed by atoms with E-state index in [2.05, 4.69) is 5.32 Å². The quantitative estimate of drug-likeness (QED) is 0.0881. The van der Waals surface area contributed by atoms with Crippen molar-refractivity contribution in [3.63, 3.8) is 0 Å². The molecule has 0 aliphatic heterocycles. The van der Waals surface area contributed by atoms with E-state index >= 15 is 0 Å². The lowest BCUT2D eigenvalue weighted by Crippen LogP contribution is -2.24. The second-order valence-corrected chi connectivity index (χ2v) is 12.1. The number of nitrogens with two attached hydrogens (primary N) is 1. The number of carbonyl (C=O) groups excluding carboxylic acids is 1. The maximum atomic E-state index is 14.1. The third kappa shape index (κ3) is 9.13. The number of methoxy groups -OCH3 is 2. The molecule has 52 heavy (non-hydrogen) atoms. The number of carbonyl (C=O) groups is 1. The summed E-state index contributed by atoms with van der Waals surface area (Å²) in [5.74, 6) is 0.693. The second kappa shape index (κ2) is 16.4. The van der Waals surface area contributed by atoms with E-state index in [4.69, 9.17) is 20.2 Å². The van der Waals surface area contributed by atoms with Crippen molar-refractivity contribution in [2.75, 3.05) is 27.3 Å². The van der Waals surface area contributed by atoms with Crippen molar-refractivity contribution in [1.29, 1.82) is 0 Å². The number of unbranched alkanes of at least 4 members (excludes halogenated alkanes) is 3. The lowest BCUT2D eigenvalue weighted by atomic mass is 10.0. The number of amides is 1. The molecular formula is C39H38F6N4O3. The Morgan fingerprint density at radius 1 is 0.712 bits per heavy atom. The van der Waals surface area contributed by atoms with Gasteiger partial charge in [-0.2, -0.15) is 26.3 Å². The molecule has 0 bridgehead atoms. The molecule has 0 saturated carbocycles. The molecule has 1 heterocycles. The van der Waals surface area contributed by atoms with Crippen LogP contribution in [0.1, 0.15) is 52.7 Å². The van der Waals surface area contributed by atoms with Crippen LogP contribution in [-0.4, -0.2) is 42.8 Å². The number of halogens is 6. The van der Waals surface area contributed by atoms with Gasteiger partial charge in [-0.1, -0.05) is 25.0 Å². The van der Waals surface area contributed by atoms with Crippen LogP contribution in [0.5, 0.6) is 11.5 Å². The average Bonchev–Trinajstić information content (AvgIpc) is 3.51. The van der Waals surface area contributed by atoms with Crippen LogP contribution < -0.4 is 20.5 Å². The Hall–Kier alpha value is -5.30. The Morgan fingerprint density at radius 3 is 1.77 bits per heavy atom. The predicted octanol–water partition coefficient (Wildman–Crippen LogP) is 9.24. The molecule has 0 spiro atoms. The first-order valence-corrected chi connectivity index (χ1v) is 16.6. The number of ether oxygens (including phenoxy) is 2. The summed E-state index contributed by atoms with van der Waals surface area (Å²) in [7, 11) is 3.00. The molecule has 0 fully saturated rings. The summed E-state index contributed by atoms with van der Waals surface area (Å²) in [5.41, 5.74) is 5.13. The minimum atomic E-state index is -5.06. The molecule has 0 unspecified atom stereocenters. The van der Waals surface area contributed by atoms with Crippen LogP contribution >= 0.6 is 0 Å². The van der Waals surface area contributed by atoms with Crippen molar-refractivity contribution in [3.05, 3.63) is 113 Å². The summed E-state index contributed by atoms with van der Waals surface area (Å²) in [6, 6.07) is 21.7. The molecule has 4 aromatic carbocycles. The van der Waals surface area contributed by atoms with Crippen LogP contribution in [-0.2, 0) is 18.9 Å². The van der Waals surface area contributed by atoms with Gasteiger partial charge in [-0.3, -0.25) is 4.79 Å². The van der Waals surface area contributed by atoms with E-state index in [1.54, 1.807) is 77.4 Å². The van der Waals surface area contributed by atoms with Gasteiger partial charge in [0.25, 0.3) is 5.91 Å². The van der Waals surface area contributed by atoms with Crippen LogP contribution in [0.25, 0.3) is 33.9 Å². The molecule has 0 saturated heterocycles. The smallest absolute Gasteiger partial charge is 0.416 e. The van der Waals surface area contributed by atoms with Crippen molar-refractivity contribution in [3.8, 4) is 45.4 Å². The maximum absolute atomic E-state index is 14.1. The average molecular weight is 725 g/mol. The van der Waals surface area contributed by atoms with Gasteiger partial charge in [-0.15, -0.1) is 0 Å². The largest absolute Gasteiger partial charge is 0.497 e. The molecule has 274 valence electrons. The van der Waals surface area contributed by atoms with Crippen molar-refractivity contribution < 1.29 is 40.6 Å². The van der Waals surface area contributed by atoms with E-state index < -0.39 is 23.5 Å². The molecule has 1 amide bonds. The zero-order valence-corrected chi connectivity index (χ0v) is 28.6. The highest BCUT2D eigenvalue weighted by atomic mass is 19.4. The Kier molecular flexibility index (Phi) is 11.9. The van der Waals surface area contributed by atoms with Gasteiger partial charge >= 0.3 is 12.4 Å². The standard InChI is InChI=1S/C39H38F6N4O3/c1-51-32-15-11-26(12-16-32)34-35(27-13-17-33(52-2)18-14-27)49(24-25-7-9-28(10-8-25)37(50)47-20-6-4-3-5-19-46)36(48-34)29-21-30(38(40,41)42)23-31(22-29)39(43,44)45/h7-18,21-23H,3-6,19-20,24,46H2,1-2H3,(H,47,50). The Balaban J connectivity index is 1.65. The summed E-state index contributed by atoms with van der Waals surface area (Å²) in [6.45, 7) is 1.11. The zero-order valence-electron chi connectivity index (χ0n) is 28.6. The van der Waals surface area contributed by atoms with Crippen LogP contribution in [0.15, 0.2) is 91.0 Å². The molecular weight excluding hydrogens is 686 g/mol. The van der Waals surface area contributed by atoms with E-state index in [1.165, 1.54) is 14.2 Å². The van der Waals surface area contributed by atoms with Gasteiger partial charge < -0.3 is 25.1 Å². The van der Waals surface area contributed by atoms with Gasteiger partial charge in [0.15, 0.2) is 0 Å². The van der Waals surface area contributed by atoms with Crippen LogP contribution in [0.4, 0.5) is 26.3 Å². The van der Waals surface area contributed by atoms with Crippen molar-refractivity contribution in [1.82, 2.24) is 14.9 Å². The maximum Gasteiger partial charge on any atom is 0.416 e. The minimum Gasteiger partial charge on any atom is -0.497 e. The first kappa shape index (κ1) is 37.9. The van der Waals surface area contributed by atoms with E-state index in [0.717, 1.165) is 25.7 Å². The predicted molar refractivity (Wildman–Crippen MR) is 187 cm³/mol. The molecule has 5 rings (SSSR count). The summed E-state index contributed by atoms with van der Waals surface area (Å²) < 4.78 is 96.5. The highest BCUT2D eigenvalue weighted by molar-refractivity contribution is 5.94. The number of imidazole rings is 1. The topological polar surface area (TPSA) is 91.4 Å². The van der Waals surface area contributed by atoms with Gasteiger partial charge in [0.2, 0.25) is 0 Å². The minimum absolute atomic E-state index is 0.0134. The highest BCUT2D eigenvalue weighted by Gasteiger charge is 2.38. The number of benzene rings is 4. The number of nitrogens with zero attached hydrogens (tertiary/aromatic N) is 2. The van der Waals surface area contributed by atoms with Gasteiger partial charge in [0, 0.05) is 35.3 Å². The number of hydrogen-bond donors (Lipinski definition) is 2. The molecule has 7 nitrogen and oxygen atoms in total. The summed E-state index contributed by atoms with van der Waals surface area (Å²) >= 11 is 0. The van der Waals surface area contributed by atoms with E-state index in [0.29, 0.717) is 70.4 Å². The lowest BCUT2D eigenvalue weighted by molar-refractivity contribution is -0.143.